The number of primary amides is 1. The Morgan fingerprint density at radius 2 is 1.76 bits per heavy atom. The van der Waals surface area contributed by atoms with Gasteiger partial charge in [0.05, 0.1) is 12.0 Å². The molecule has 1 aromatic carbocycles. The lowest BCUT2D eigenvalue weighted by atomic mass is 9.83. The number of carbonyl (C=O) groups excluding carboxylic acids is 2. The molecule has 29 heavy (non-hydrogen) atoms. The van der Waals surface area contributed by atoms with Crippen molar-refractivity contribution in [3.63, 3.8) is 0 Å². The van der Waals surface area contributed by atoms with Gasteiger partial charge in [0.25, 0.3) is 5.91 Å². The lowest BCUT2D eigenvalue weighted by molar-refractivity contribution is -0.115. The molecule has 1 aliphatic rings. The summed E-state index contributed by atoms with van der Waals surface area (Å²) in [6.45, 7) is 0. The van der Waals surface area contributed by atoms with Crippen LogP contribution in [-0.4, -0.2) is 16.4 Å². The van der Waals surface area contributed by atoms with E-state index in [4.69, 9.17) is 5.73 Å². The van der Waals surface area contributed by atoms with Crippen molar-refractivity contribution in [2.45, 2.75) is 44.4 Å². The summed E-state index contributed by atoms with van der Waals surface area (Å²) < 4.78 is 2.02. The predicted octanol–water partition coefficient (Wildman–Crippen LogP) is 4.87. The third-order valence-electron chi connectivity index (χ3n) is 5.57. The zero-order chi connectivity index (χ0) is 20.2. The largest absolute Gasteiger partial charge is 0.365 e. The highest BCUT2D eigenvalue weighted by atomic mass is 32.1. The van der Waals surface area contributed by atoms with Gasteiger partial charge in [-0.15, -0.1) is 11.3 Å². The van der Waals surface area contributed by atoms with E-state index in [2.05, 4.69) is 5.32 Å². The first-order valence-corrected chi connectivity index (χ1v) is 10.9. The summed E-state index contributed by atoms with van der Waals surface area (Å²) >= 11 is 1.40. The number of thiophene rings is 1. The molecule has 0 aliphatic heterocycles. The van der Waals surface area contributed by atoms with Gasteiger partial charge in [0, 0.05) is 18.1 Å². The number of hydrogen-bond acceptors (Lipinski definition) is 3. The van der Waals surface area contributed by atoms with E-state index in [1.807, 2.05) is 58.7 Å². The number of benzene rings is 1. The van der Waals surface area contributed by atoms with Crippen LogP contribution >= 0.6 is 11.3 Å². The van der Waals surface area contributed by atoms with Gasteiger partial charge in [-0.2, -0.15) is 0 Å². The SMILES string of the molecule is NC(=O)c1c(C2CCCCC2)csc1NC(=O)Cc1ccc(-n2cccc2)cc1. The van der Waals surface area contributed by atoms with Gasteiger partial charge in [-0.1, -0.05) is 31.4 Å². The molecule has 0 radical (unpaired) electrons. The molecule has 2 aromatic heterocycles. The van der Waals surface area contributed by atoms with Crippen molar-refractivity contribution in [1.29, 1.82) is 0 Å². The van der Waals surface area contributed by atoms with E-state index in [1.54, 1.807) is 0 Å². The third-order valence-corrected chi connectivity index (χ3v) is 6.48. The van der Waals surface area contributed by atoms with E-state index in [0.29, 0.717) is 16.5 Å². The number of amides is 2. The van der Waals surface area contributed by atoms with E-state index in [0.717, 1.165) is 29.7 Å². The number of aromatic nitrogens is 1. The summed E-state index contributed by atoms with van der Waals surface area (Å²) in [7, 11) is 0. The van der Waals surface area contributed by atoms with Gasteiger partial charge in [-0.05, 0) is 59.5 Å². The lowest BCUT2D eigenvalue weighted by Gasteiger charge is -2.21. The Morgan fingerprint density at radius 3 is 2.41 bits per heavy atom. The van der Waals surface area contributed by atoms with Gasteiger partial charge in [0.1, 0.15) is 5.00 Å². The molecule has 0 spiro atoms. The normalized spacial score (nSPS) is 14.6. The fourth-order valence-electron chi connectivity index (χ4n) is 4.08. The predicted molar refractivity (Wildman–Crippen MR) is 117 cm³/mol. The second-order valence-electron chi connectivity index (χ2n) is 7.58. The van der Waals surface area contributed by atoms with Gasteiger partial charge in [-0.3, -0.25) is 9.59 Å². The summed E-state index contributed by atoms with van der Waals surface area (Å²) in [5, 5.41) is 5.49. The van der Waals surface area contributed by atoms with E-state index >= 15 is 0 Å². The number of nitrogens with zero attached hydrogens (tertiary/aromatic N) is 1. The molecule has 2 heterocycles. The molecule has 0 bridgehead atoms. The van der Waals surface area contributed by atoms with Crippen molar-refractivity contribution < 1.29 is 9.59 Å². The van der Waals surface area contributed by atoms with Crippen LogP contribution in [0.25, 0.3) is 5.69 Å². The number of anilines is 1. The monoisotopic (exact) mass is 407 g/mol. The van der Waals surface area contributed by atoms with Crippen molar-refractivity contribution >= 4 is 28.2 Å². The summed E-state index contributed by atoms with van der Waals surface area (Å²) in [4.78, 5) is 24.7. The van der Waals surface area contributed by atoms with Crippen LogP contribution in [-0.2, 0) is 11.2 Å². The zero-order valence-electron chi connectivity index (χ0n) is 16.3. The maximum Gasteiger partial charge on any atom is 0.251 e. The second kappa shape index (κ2) is 8.66. The molecule has 0 unspecified atom stereocenters. The standard InChI is InChI=1S/C23H25N3O2S/c24-22(28)21-19(17-6-2-1-3-7-17)15-29-23(21)25-20(27)14-16-8-10-18(11-9-16)26-12-4-5-13-26/h4-5,8-13,15,17H,1-3,6-7,14H2,(H2,24,28)(H,25,27). The highest BCUT2D eigenvalue weighted by Gasteiger charge is 2.25. The van der Waals surface area contributed by atoms with Gasteiger partial charge in [-0.25, -0.2) is 0 Å². The minimum atomic E-state index is -0.460. The van der Waals surface area contributed by atoms with E-state index in [9.17, 15) is 9.59 Å². The highest BCUT2D eigenvalue weighted by Crippen LogP contribution is 2.40. The summed E-state index contributed by atoms with van der Waals surface area (Å²) in [5.41, 5.74) is 9.14. The first-order valence-electron chi connectivity index (χ1n) is 10.0. The molecule has 150 valence electrons. The number of nitrogens with one attached hydrogen (secondary N) is 1. The van der Waals surface area contributed by atoms with Crippen molar-refractivity contribution in [3.05, 3.63) is 70.9 Å². The van der Waals surface area contributed by atoms with Gasteiger partial charge >= 0.3 is 0 Å². The Labute approximate surface area is 174 Å². The van der Waals surface area contributed by atoms with Gasteiger partial charge in [0.2, 0.25) is 5.91 Å². The average molecular weight is 408 g/mol. The number of carbonyl (C=O) groups is 2. The fraction of sp³-hybridized carbons (Fsp3) is 0.304. The maximum atomic E-state index is 12.6. The molecule has 3 N–H and O–H groups in total. The Bertz CT molecular complexity index is 984. The molecular weight excluding hydrogens is 382 g/mol. The van der Waals surface area contributed by atoms with Crippen LogP contribution in [0.15, 0.2) is 54.2 Å². The Kier molecular flexibility index (Phi) is 5.81. The minimum Gasteiger partial charge on any atom is -0.365 e. The molecule has 4 rings (SSSR count). The average Bonchev–Trinajstić information content (AvgIpc) is 3.39. The fourth-order valence-corrected chi connectivity index (χ4v) is 5.14. The third kappa shape index (κ3) is 4.43. The smallest absolute Gasteiger partial charge is 0.251 e. The van der Waals surface area contributed by atoms with E-state index in [1.165, 1.54) is 30.6 Å². The maximum absolute atomic E-state index is 12.6. The van der Waals surface area contributed by atoms with Crippen LogP contribution < -0.4 is 11.1 Å². The number of rotatable bonds is 6. The van der Waals surface area contributed by atoms with Crippen molar-refractivity contribution in [1.82, 2.24) is 4.57 Å². The van der Waals surface area contributed by atoms with Crippen LogP contribution in [0.5, 0.6) is 0 Å². The Hall–Kier alpha value is -2.86. The molecule has 1 fully saturated rings. The highest BCUT2D eigenvalue weighted by molar-refractivity contribution is 7.15. The molecule has 1 saturated carbocycles. The molecule has 3 aromatic rings. The lowest BCUT2D eigenvalue weighted by Crippen LogP contribution is -2.20. The second-order valence-corrected chi connectivity index (χ2v) is 8.46. The van der Waals surface area contributed by atoms with E-state index in [-0.39, 0.29) is 12.3 Å². The van der Waals surface area contributed by atoms with Crippen LogP contribution in [0, 0.1) is 0 Å². The van der Waals surface area contributed by atoms with E-state index < -0.39 is 5.91 Å². The molecule has 5 nitrogen and oxygen atoms in total. The van der Waals surface area contributed by atoms with Crippen molar-refractivity contribution in [3.8, 4) is 5.69 Å². The molecule has 0 atom stereocenters. The first-order chi connectivity index (χ1) is 14.1. The van der Waals surface area contributed by atoms with Crippen LogP contribution in [0.3, 0.4) is 0 Å². The summed E-state index contributed by atoms with van der Waals surface area (Å²) in [5.74, 6) is -0.231. The molecular formula is C23H25N3O2S. The van der Waals surface area contributed by atoms with Gasteiger partial charge in [0.15, 0.2) is 0 Å². The Morgan fingerprint density at radius 1 is 1.07 bits per heavy atom. The number of hydrogen-bond donors (Lipinski definition) is 2. The van der Waals surface area contributed by atoms with Crippen molar-refractivity contribution in [2.75, 3.05) is 5.32 Å². The molecule has 6 heteroatoms. The first kappa shape index (κ1) is 19.5. The Balaban J connectivity index is 1.45. The molecule has 0 saturated heterocycles. The van der Waals surface area contributed by atoms with Crippen molar-refractivity contribution in [2.24, 2.45) is 5.73 Å². The van der Waals surface area contributed by atoms with Crippen LogP contribution in [0.4, 0.5) is 5.00 Å². The zero-order valence-corrected chi connectivity index (χ0v) is 17.1. The van der Waals surface area contributed by atoms with Crippen LogP contribution in [0.1, 0.15) is 59.5 Å². The summed E-state index contributed by atoms with van der Waals surface area (Å²) in [6.07, 6.45) is 9.98. The summed E-state index contributed by atoms with van der Waals surface area (Å²) in [6, 6.07) is 11.8. The number of nitrogens with two attached hydrogens (primary N) is 1. The molecule has 1 aliphatic carbocycles. The van der Waals surface area contributed by atoms with Crippen LogP contribution in [0.2, 0.25) is 0 Å². The van der Waals surface area contributed by atoms with Gasteiger partial charge < -0.3 is 15.6 Å². The molecule has 2 amide bonds. The minimum absolute atomic E-state index is 0.141. The topological polar surface area (TPSA) is 77.1 Å². The quantitative estimate of drug-likeness (QED) is 0.612.